The van der Waals surface area contributed by atoms with Crippen LogP contribution >= 0.6 is 23.8 Å². The molecule has 1 aromatic rings. The summed E-state index contributed by atoms with van der Waals surface area (Å²) < 4.78 is 0. The number of hydrogen-bond donors (Lipinski definition) is 2. The van der Waals surface area contributed by atoms with E-state index in [4.69, 9.17) is 23.8 Å². The second-order valence-corrected chi connectivity index (χ2v) is 5.66. The summed E-state index contributed by atoms with van der Waals surface area (Å²) in [6, 6.07) is 8.06. The van der Waals surface area contributed by atoms with Gasteiger partial charge in [0.05, 0.1) is 0 Å². The lowest BCUT2D eigenvalue weighted by atomic mass is 10.1. The number of nitrogens with one attached hydrogen (secondary N) is 2. The Labute approximate surface area is 125 Å². The molecule has 0 aliphatic carbocycles. The van der Waals surface area contributed by atoms with Crippen LogP contribution in [0.3, 0.4) is 0 Å². The number of hydrogen-bond acceptors (Lipinski definition) is 2. The molecule has 19 heavy (non-hydrogen) atoms. The SMILES string of the molecule is CCN1CCC(NC(=S)Nc2cccc(Cl)c2)CC1. The van der Waals surface area contributed by atoms with Crippen LogP contribution in [0.4, 0.5) is 5.69 Å². The van der Waals surface area contributed by atoms with Crippen LogP contribution in [0.15, 0.2) is 24.3 Å². The highest BCUT2D eigenvalue weighted by Crippen LogP contribution is 2.15. The Morgan fingerprint density at radius 2 is 2.16 bits per heavy atom. The third kappa shape index (κ3) is 4.64. The van der Waals surface area contributed by atoms with Crippen LogP contribution in [-0.4, -0.2) is 35.7 Å². The first kappa shape index (κ1) is 14.6. The van der Waals surface area contributed by atoms with Gasteiger partial charge in [-0.15, -0.1) is 0 Å². The predicted octanol–water partition coefficient (Wildman–Crippen LogP) is 3.11. The number of nitrogens with zero attached hydrogens (tertiary/aromatic N) is 1. The third-order valence-electron chi connectivity index (χ3n) is 3.45. The molecule has 0 atom stereocenters. The fourth-order valence-corrected chi connectivity index (χ4v) is 2.79. The average molecular weight is 298 g/mol. The third-order valence-corrected chi connectivity index (χ3v) is 3.91. The van der Waals surface area contributed by atoms with E-state index in [2.05, 4.69) is 22.5 Å². The van der Waals surface area contributed by atoms with E-state index in [1.54, 1.807) is 0 Å². The highest BCUT2D eigenvalue weighted by Gasteiger charge is 2.18. The van der Waals surface area contributed by atoms with Gasteiger partial charge in [-0.05, 0) is 49.8 Å². The van der Waals surface area contributed by atoms with E-state index in [1.165, 1.54) is 0 Å². The Bertz CT molecular complexity index is 430. The Kier molecular flexibility index (Phi) is 5.43. The minimum Gasteiger partial charge on any atom is -0.360 e. The van der Waals surface area contributed by atoms with E-state index in [9.17, 15) is 0 Å². The molecule has 1 aromatic carbocycles. The van der Waals surface area contributed by atoms with E-state index in [0.717, 1.165) is 38.2 Å². The molecule has 0 bridgehead atoms. The Morgan fingerprint density at radius 1 is 1.42 bits per heavy atom. The number of thiocarbonyl (C=S) groups is 1. The topological polar surface area (TPSA) is 27.3 Å². The van der Waals surface area contributed by atoms with Crippen molar-refractivity contribution in [2.24, 2.45) is 0 Å². The minimum atomic E-state index is 0.474. The summed E-state index contributed by atoms with van der Waals surface area (Å²) in [5.41, 5.74) is 0.927. The molecule has 0 unspecified atom stereocenters. The molecule has 0 aromatic heterocycles. The van der Waals surface area contributed by atoms with Gasteiger partial charge in [0.2, 0.25) is 0 Å². The van der Waals surface area contributed by atoms with Gasteiger partial charge in [0.1, 0.15) is 0 Å². The van der Waals surface area contributed by atoms with Crippen LogP contribution in [0.5, 0.6) is 0 Å². The zero-order chi connectivity index (χ0) is 13.7. The summed E-state index contributed by atoms with van der Waals surface area (Å²) >= 11 is 11.3. The molecular formula is C14H20ClN3S. The number of piperidine rings is 1. The van der Waals surface area contributed by atoms with Gasteiger partial charge in [0, 0.05) is 29.8 Å². The first-order valence-corrected chi connectivity index (χ1v) is 7.51. The first-order valence-electron chi connectivity index (χ1n) is 6.73. The highest BCUT2D eigenvalue weighted by atomic mass is 35.5. The van der Waals surface area contributed by atoms with Crippen molar-refractivity contribution in [3.63, 3.8) is 0 Å². The number of halogens is 1. The van der Waals surface area contributed by atoms with Gasteiger partial charge in [0.15, 0.2) is 5.11 Å². The average Bonchev–Trinajstić information content (AvgIpc) is 2.39. The molecule has 2 rings (SSSR count). The number of rotatable bonds is 3. The lowest BCUT2D eigenvalue weighted by Crippen LogP contribution is -2.45. The zero-order valence-electron chi connectivity index (χ0n) is 11.2. The van der Waals surface area contributed by atoms with Gasteiger partial charge < -0.3 is 15.5 Å². The minimum absolute atomic E-state index is 0.474. The summed E-state index contributed by atoms with van der Waals surface area (Å²) in [4.78, 5) is 2.46. The zero-order valence-corrected chi connectivity index (χ0v) is 12.7. The maximum Gasteiger partial charge on any atom is 0.170 e. The second kappa shape index (κ2) is 7.08. The summed E-state index contributed by atoms with van der Waals surface area (Å²) in [7, 11) is 0. The molecule has 1 heterocycles. The standard InChI is InChI=1S/C14H20ClN3S/c1-2-18-8-6-12(7-9-18)16-14(19)17-13-5-3-4-11(15)10-13/h3-5,10,12H,2,6-9H2,1H3,(H2,16,17,19). The Morgan fingerprint density at radius 3 is 2.79 bits per heavy atom. The Hall–Kier alpha value is -0.840. The molecule has 104 valence electrons. The van der Waals surface area contributed by atoms with Crippen molar-refractivity contribution in [3.05, 3.63) is 29.3 Å². The van der Waals surface area contributed by atoms with Crippen molar-refractivity contribution in [2.75, 3.05) is 25.0 Å². The summed E-state index contributed by atoms with van der Waals surface area (Å²) in [5, 5.41) is 7.95. The number of benzene rings is 1. The first-order chi connectivity index (χ1) is 9.17. The summed E-state index contributed by atoms with van der Waals surface area (Å²) in [6.07, 6.45) is 2.29. The molecule has 1 saturated heterocycles. The van der Waals surface area contributed by atoms with Gasteiger partial charge in [-0.25, -0.2) is 0 Å². The van der Waals surface area contributed by atoms with Gasteiger partial charge in [-0.2, -0.15) is 0 Å². The van der Waals surface area contributed by atoms with E-state index in [0.29, 0.717) is 16.2 Å². The number of likely N-dealkylation sites (tertiary alicyclic amines) is 1. The van der Waals surface area contributed by atoms with Crippen molar-refractivity contribution < 1.29 is 0 Å². The molecule has 0 saturated carbocycles. The van der Waals surface area contributed by atoms with Crippen molar-refractivity contribution in [3.8, 4) is 0 Å². The van der Waals surface area contributed by atoms with Gasteiger partial charge in [-0.1, -0.05) is 24.6 Å². The van der Waals surface area contributed by atoms with Crippen LogP contribution in [-0.2, 0) is 0 Å². The van der Waals surface area contributed by atoms with Crippen LogP contribution in [0.25, 0.3) is 0 Å². The van der Waals surface area contributed by atoms with Crippen LogP contribution in [0.1, 0.15) is 19.8 Å². The van der Waals surface area contributed by atoms with Gasteiger partial charge >= 0.3 is 0 Å². The molecule has 0 spiro atoms. The van der Waals surface area contributed by atoms with Crippen molar-refractivity contribution in [1.82, 2.24) is 10.2 Å². The summed E-state index contributed by atoms with van der Waals surface area (Å²) in [5.74, 6) is 0. The maximum atomic E-state index is 5.94. The van der Waals surface area contributed by atoms with E-state index in [-0.39, 0.29) is 0 Å². The van der Waals surface area contributed by atoms with Crippen molar-refractivity contribution in [2.45, 2.75) is 25.8 Å². The summed E-state index contributed by atoms with van der Waals surface area (Å²) in [6.45, 7) is 5.64. The van der Waals surface area contributed by atoms with E-state index in [1.807, 2.05) is 24.3 Å². The molecular weight excluding hydrogens is 278 g/mol. The van der Waals surface area contributed by atoms with Crippen LogP contribution in [0, 0.1) is 0 Å². The molecule has 2 N–H and O–H groups in total. The molecule has 1 fully saturated rings. The van der Waals surface area contributed by atoms with Gasteiger partial charge in [-0.3, -0.25) is 0 Å². The van der Waals surface area contributed by atoms with E-state index >= 15 is 0 Å². The fourth-order valence-electron chi connectivity index (χ4n) is 2.31. The lowest BCUT2D eigenvalue weighted by molar-refractivity contribution is 0.216. The molecule has 5 heteroatoms. The number of anilines is 1. The quantitative estimate of drug-likeness (QED) is 0.839. The van der Waals surface area contributed by atoms with Crippen LogP contribution in [0.2, 0.25) is 5.02 Å². The molecule has 0 radical (unpaired) electrons. The maximum absolute atomic E-state index is 5.94. The normalized spacial score (nSPS) is 17.2. The smallest absolute Gasteiger partial charge is 0.170 e. The largest absolute Gasteiger partial charge is 0.360 e. The monoisotopic (exact) mass is 297 g/mol. The van der Waals surface area contributed by atoms with Gasteiger partial charge in [0.25, 0.3) is 0 Å². The fraction of sp³-hybridized carbons (Fsp3) is 0.500. The predicted molar refractivity (Wildman–Crippen MR) is 85.9 cm³/mol. The highest BCUT2D eigenvalue weighted by molar-refractivity contribution is 7.80. The Balaban J connectivity index is 1.79. The molecule has 1 aliphatic rings. The lowest BCUT2D eigenvalue weighted by Gasteiger charge is -2.32. The second-order valence-electron chi connectivity index (χ2n) is 4.82. The molecule has 1 aliphatic heterocycles. The van der Waals surface area contributed by atoms with Crippen LogP contribution < -0.4 is 10.6 Å². The van der Waals surface area contributed by atoms with Crippen molar-refractivity contribution >= 4 is 34.6 Å². The van der Waals surface area contributed by atoms with E-state index < -0.39 is 0 Å². The van der Waals surface area contributed by atoms with Crippen molar-refractivity contribution in [1.29, 1.82) is 0 Å². The molecule has 3 nitrogen and oxygen atoms in total. The molecule has 0 amide bonds.